The molecule has 0 N–H and O–H groups in total. The van der Waals surface area contributed by atoms with Gasteiger partial charge in [0.25, 0.3) is 5.69 Å². The fraction of sp³-hybridized carbons (Fsp3) is 0.182. The Morgan fingerprint density at radius 3 is 1.88 bits per heavy atom. The Morgan fingerprint density at radius 1 is 0.680 bits per heavy atom. The Morgan fingerprint density at radius 2 is 1.24 bits per heavy atom. The van der Waals surface area contributed by atoms with Crippen LogP contribution in [0.2, 0.25) is 0 Å². The molecule has 4 bridgehead atoms. The third-order valence-corrected chi connectivity index (χ3v) is 4.97. The number of aryl methyl sites for hydroxylation is 4. The van der Waals surface area contributed by atoms with E-state index in [-0.39, 0.29) is 10.6 Å². The highest BCUT2D eigenvalue weighted by Gasteiger charge is 2.11. The molecule has 4 aliphatic rings. The van der Waals surface area contributed by atoms with E-state index in [0.29, 0.717) is 0 Å². The lowest BCUT2D eigenvalue weighted by Gasteiger charge is -2.14. The lowest BCUT2D eigenvalue weighted by atomic mass is 9.90. The maximum Gasteiger partial charge on any atom is 0.269 e. The second kappa shape index (κ2) is 6.52. The van der Waals surface area contributed by atoms with Gasteiger partial charge in [0.1, 0.15) is 0 Å². The molecule has 0 unspecified atom stereocenters. The van der Waals surface area contributed by atoms with Crippen molar-refractivity contribution in [3.8, 4) is 11.1 Å². The van der Waals surface area contributed by atoms with E-state index in [4.69, 9.17) is 0 Å². The molecular formula is C22H19NO2. The molecule has 0 amide bonds. The van der Waals surface area contributed by atoms with Crippen LogP contribution in [0.1, 0.15) is 22.3 Å². The van der Waals surface area contributed by atoms with E-state index < -0.39 is 0 Å². The Hall–Kier alpha value is -2.94. The number of nitrogens with zero attached hydrogens (tertiary/aromatic N) is 1. The van der Waals surface area contributed by atoms with Crippen LogP contribution in [-0.4, -0.2) is 4.92 Å². The van der Waals surface area contributed by atoms with Crippen molar-refractivity contribution >= 4 is 5.69 Å². The van der Waals surface area contributed by atoms with Gasteiger partial charge in [0.2, 0.25) is 0 Å². The first-order valence-corrected chi connectivity index (χ1v) is 8.63. The number of nitro benzene ring substituents is 1. The standard InChI is InChI=1S/C22H19NO2/c24-23(25)21-13-11-20(12-14-21)22-15-18-6-5-16-1-3-17(4-2-16)7-9-19(22)10-8-18/h1-4,8,10-15H,5-7,9H2. The highest BCUT2D eigenvalue weighted by atomic mass is 16.6. The van der Waals surface area contributed by atoms with Crippen LogP contribution in [0.25, 0.3) is 11.1 Å². The molecule has 7 rings (SSSR count). The number of nitro groups is 1. The van der Waals surface area contributed by atoms with Crippen molar-refractivity contribution in [3.63, 3.8) is 0 Å². The minimum Gasteiger partial charge on any atom is -0.258 e. The fourth-order valence-corrected chi connectivity index (χ4v) is 3.47. The molecular weight excluding hydrogens is 310 g/mol. The van der Waals surface area contributed by atoms with E-state index in [2.05, 4.69) is 42.5 Å². The molecule has 25 heavy (non-hydrogen) atoms. The maximum absolute atomic E-state index is 10.9. The molecule has 0 radical (unpaired) electrons. The summed E-state index contributed by atoms with van der Waals surface area (Å²) in [7, 11) is 0. The van der Waals surface area contributed by atoms with Crippen molar-refractivity contribution in [1.82, 2.24) is 0 Å². The summed E-state index contributed by atoms with van der Waals surface area (Å²) in [5.41, 5.74) is 7.70. The summed E-state index contributed by atoms with van der Waals surface area (Å²) in [6.45, 7) is 0. The second-order valence-electron chi connectivity index (χ2n) is 6.61. The van der Waals surface area contributed by atoms with Crippen LogP contribution in [0.5, 0.6) is 0 Å². The summed E-state index contributed by atoms with van der Waals surface area (Å²) in [6, 6.07) is 22.5. The Kier molecular flexibility index (Phi) is 4.06. The minimum atomic E-state index is -0.351. The molecule has 3 heteroatoms. The lowest BCUT2D eigenvalue weighted by molar-refractivity contribution is -0.384. The van der Waals surface area contributed by atoms with Crippen molar-refractivity contribution in [3.05, 3.63) is 99.1 Å². The van der Waals surface area contributed by atoms with E-state index >= 15 is 0 Å². The van der Waals surface area contributed by atoms with Crippen molar-refractivity contribution in [2.24, 2.45) is 0 Å². The summed E-state index contributed by atoms with van der Waals surface area (Å²) >= 11 is 0. The number of hydrogen-bond acceptors (Lipinski definition) is 2. The largest absolute Gasteiger partial charge is 0.269 e. The zero-order valence-electron chi connectivity index (χ0n) is 13.9. The molecule has 0 saturated carbocycles. The van der Waals surface area contributed by atoms with Crippen LogP contribution in [0, 0.1) is 10.1 Å². The first-order chi connectivity index (χ1) is 12.2. The van der Waals surface area contributed by atoms with E-state index in [1.54, 1.807) is 12.1 Å². The number of benzene rings is 3. The Bertz CT molecular complexity index is 912. The van der Waals surface area contributed by atoms with Gasteiger partial charge in [-0.2, -0.15) is 0 Å². The number of hydrogen-bond donors (Lipinski definition) is 0. The summed E-state index contributed by atoms with van der Waals surface area (Å²) in [5, 5.41) is 10.9. The topological polar surface area (TPSA) is 43.1 Å². The van der Waals surface area contributed by atoms with Crippen LogP contribution >= 0.6 is 0 Å². The van der Waals surface area contributed by atoms with E-state index in [9.17, 15) is 10.1 Å². The van der Waals surface area contributed by atoms with E-state index in [1.807, 2.05) is 12.1 Å². The molecule has 0 aromatic heterocycles. The van der Waals surface area contributed by atoms with Crippen molar-refractivity contribution in [2.45, 2.75) is 25.7 Å². The molecule has 3 nitrogen and oxygen atoms in total. The first-order valence-electron chi connectivity index (χ1n) is 8.63. The first kappa shape index (κ1) is 15.6. The average molecular weight is 329 g/mol. The van der Waals surface area contributed by atoms with Crippen molar-refractivity contribution in [2.75, 3.05) is 0 Å². The Balaban J connectivity index is 1.74. The molecule has 3 aromatic carbocycles. The van der Waals surface area contributed by atoms with Gasteiger partial charge in [-0.15, -0.1) is 0 Å². The average Bonchev–Trinajstić information content (AvgIpc) is 2.64. The highest BCUT2D eigenvalue weighted by Crippen LogP contribution is 2.29. The summed E-state index contributed by atoms with van der Waals surface area (Å²) in [4.78, 5) is 10.5. The van der Waals surface area contributed by atoms with Gasteiger partial charge < -0.3 is 0 Å². The molecule has 0 atom stereocenters. The monoisotopic (exact) mass is 329 g/mol. The third kappa shape index (κ3) is 3.31. The van der Waals surface area contributed by atoms with Gasteiger partial charge in [-0.05, 0) is 71.2 Å². The molecule has 0 aliphatic heterocycles. The molecule has 0 heterocycles. The van der Waals surface area contributed by atoms with Crippen LogP contribution in [0.3, 0.4) is 0 Å². The van der Waals surface area contributed by atoms with Gasteiger partial charge in [0, 0.05) is 12.1 Å². The lowest BCUT2D eigenvalue weighted by Crippen LogP contribution is -2.00. The third-order valence-electron chi connectivity index (χ3n) is 4.97. The Labute approximate surface area is 147 Å². The van der Waals surface area contributed by atoms with Gasteiger partial charge >= 0.3 is 0 Å². The molecule has 124 valence electrons. The van der Waals surface area contributed by atoms with Gasteiger partial charge in [-0.3, -0.25) is 10.1 Å². The summed E-state index contributed by atoms with van der Waals surface area (Å²) in [6.07, 6.45) is 3.99. The molecule has 0 fully saturated rings. The van der Waals surface area contributed by atoms with Crippen molar-refractivity contribution < 1.29 is 4.92 Å². The van der Waals surface area contributed by atoms with Gasteiger partial charge in [0.15, 0.2) is 0 Å². The van der Waals surface area contributed by atoms with E-state index in [1.165, 1.54) is 27.8 Å². The maximum atomic E-state index is 10.9. The fourth-order valence-electron chi connectivity index (χ4n) is 3.47. The summed E-state index contributed by atoms with van der Waals surface area (Å²) < 4.78 is 0. The number of non-ortho nitro benzene ring substituents is 1. The number of rotatable bonds is 2. The molecule has 0 spiro atoms. The normalized spacial score (nSPS) is 13.3. The summed E-state index contributed by atoms with van der Waals surface area (Å²) in [5.74, 6) is 0. The second-order valence-corrected chi connectivity index (χ2v) is 6.61. The van der Waals surface area contributed by atoms with Gasteiger partial charge in [0.05, 0.1) is 4.92 Å². The quantitative estimate of drug-likeness (QED) is 0.482. The smallest absolute Gasteiger partial charge is 0.258 e. The molecule has 3 aromatic rings. The molecule has 4 aliphatic carbocycles. The van der Waals surface area contributed by atoms with Gasteiger partial charge in [-0.25, -0.2) is 0 Å². The predicted molar refractivity (Wildman–Crippen MR) is 99.8 cm³/mol. The van der Waals surface area contributed by atoms with Crippen LogP contribution in [0.15, 0.2) is 66.7 Å². The predicted octanol–water partition coefficient (Wildman–Crippen LogP) is 5.15. The SMILES string of the molecule is O=[N+]([O-])c1ccc(-c2cc3ccc2CCc2ccc(cc2)CC3)cc1. The molecule has 0 saturated heterocycles. The van der Waals surface area contributed by atoms with Crippen LogP contribution in [-0.2, 0) is 25.7 Å². The zero-order valence-corrected chi connectivity index (χ0v) is 13.9. The van der Waals surface area contributed by atoms with Crippen LogP contribution in [0.4, 0.5) is 5.69 Å². The zero-order chi connectivity index (χ0) is 17.2. The highest BCUT2D eigenvalue weighted by molar-refractivity contribution is 5.69. The van der Waals surface area contributed by atoms with Crippen LogP contribution < -0.4 is 0 Å². The van der Waals surface area contributed by atoms with E-state index in [0.717, 1.165) is 31.2 Å². The van der Waals surface area contributed by atoms with Gasteiger partial charge in [-0.1, -0.05) is 42.5 Å². The minimum absolute atomic E-state index is 0.135. The van der Waals surface area contributed by atoms with Crippen molar-refractivity contribution in [1.29, 1.82) is 0 Å².